The third kappa shape index (κ3) is 2.51. The molecule has 0 radical (unpaired) electrons. The average molecular weight is 254 g/mol. The van der Waals surface area contributed by atoms with E-state index in [1.54, 1.807) is 11.8 Å². The van der Waals surface area contributed by atoms with Crippen LogP contribution >= 0.6 is 24.4 Å². The number of thiol groups is 1. The second kappa shape index (κ2) is 5.37. The van der Waals surface area contributed by atoms with Crippen LogP contribution in [-0.2, 0) is 0 Å². The molecular formula is C13H18OS2. The molecule has 0 aromatic heterocycles. The Morgan fingerprint density at radius 1 is 1.38 bits per heavy atom. The number of benzene rings is 1. The highest BCUT2D eigenvalue weighted by Crippen LogP contribution is 2.42. The summed E-state index contributed by atoms with van der Waals surface area (Å²) in [6, 6.07) is 8.24. The maximum absolute atomic E-state index is 5.96. The van der Waals surface area contributed by atoms with Gasteiger partial charge in [-0.2, -0.15) is 12.6 Å². The minimum atomic E-state index is 0.342. The van der Waals surface area contributed by atoms with Gasteiger partial charge in [0.15, 0.2) is 0 Å². The Morgan fingerprint density at radius 3 is 2.69 bits per heavy atom. The largest absolute Gasteiger partial charge is 0.492 e. The summed E-state index contributed by atoms with van der Waals surface area (Å²) < 4.78 is 5.96. The fraction of sp³-hybridized carbons (Fsp3) is 0.538. The average Bonchev–Trinajstić information content (AvgIpc) is 2.29. The quantitative estimate of drug-likeness (QED) is 0.630. The lowest BCUT2D eigenvalue weighted by atomic mass is 9.71. The van der Waals surface area contributed by atoms with Crippen LogP contribution in [0.1, 0.15) is 19.3 Å². The molecule has 1 aromatic carbocycles. The molecule has 1 nitrogen and oxygen atoms in total. The molecule has 0 spiro atoms. The molecular weight excluding hydrogens is 236 g/mol. The van der Waals surface area contributed by atoms with E-state index in [1.165, 1.54) is 24.2 Å². The van der Waals surface area contributed by atoms with E-state index in [9.17, 15) is 0 Å². The number of hydrogen-bond acceptors (Lipinski definition) is 3. The summed E-state index contributed by atoms with van der Waals surface area (Å²) in [5.74, 6) is 1.96. The topological polar surface area (TPSA) is 9.23 Å². The third-order valence-electron chi connectivity index (χ3n) is 3.35. The van der Waals surface area contributed by atoms with Gasteiger partial charge in [-0.15, -0.1) is 11.8 Å². The third-order valence-corrected chi connectivity index (χ3v) is 4.80. The van der Waals surface area contributed by atoms with Crippen LogP contribution in [0.2, 0.25) is 0 Å². The second-order valence-corrected chi connectivity index (χ2v) is 5.62. The van der Waals surface area contributed by atoms with E-state index < -0.39 is 0 Å². The van der Waals surface area contributed by atoms with Gasteiger partial charge in [-0.05, 0) is 37.0 Å². The zero-order chi connectivity index (χ0) is 11.4. The molecule has 0 heterocycles. The molecule has 0 amide bonds. The second-order valence-electron chi connectivity index (χ2n) is 4.45. The van der Waals surface area contributed by atoms with Crippen molar-refractivity contribution in [3.63, 3.8) is 0 Å². The first-order valence-electron chi connectivity index (χ1n) is 5.66. The highest BCUT2D eigenvalue weighted by molar-refractivity contribution is 7.98. The highest BCUT2D eigenvalue weighted by atomic mass is 32.2. The van der Waals surface area contributed by atoms with Gasteiger partial charge in [-0.3, -0.25) is 0 Å². The molecule has 1 aliphatic rings. The predicted molar refractivity (Wildman–Crippen MR) is 73.9 cm³/mol. The van der Waals surface area contributed by atoms with E-state index in [-0.39, 0.29) is 0 Å². The van der Waals surface area contributed by atoms with Crippen LogP contribution in [0, 0.1) is 5.41 Å². The smallest absolute Gasteiger partial charge is 0.132 e. The van der Waals surface area contributed by atoms with Gasteiger partial charge in [0, 0.05) is 10.3 Å². The Bertz CT molecular complexity index is 342. The summed E-state index contributed by atoms with van der Waals surface area (Å²) in [7, 11) is 0. The van der Waals surface area contributed by atoms with Crippen LogP contribution in [0.4, 0.5) is 0 Å². The Labute approximate surface area is 107 Å². The van der Waals surface area contributed by atoms with Crippen LogP contribution in [0.3, 0.4) is 0 Å². The first kappa shape index (κ1) is 12.2. The lowest BCUT2D eigenvalue weighted by Gasteiger charge is -2.40. The van der Waals surface area contributed by atoms with E-state index in [0.717, 1.165) is 18.1 Å². The Morgan fingerprint density at radius 2 is 2.12 bits per heavy atom. The van der Waals surface area contributed by atoms with Gasteiger partial charge < -0.3 is 4.74 Å². The van der Waals surface area contributed by atoms with Crippen molar-refractivity contribution in [1.82, 2.24) is 0 Å². The SMILES string of the molecule is CSc1ccccc1OCC1(CS)CCC1. The van der Waals surface area contributed by atoms with Crippen molar-refractivity contribution in [1.29, 1.82) is 0 Å². The van der Waals surface area contributed by atoms with Crippen LogP contribution in [-0.4, -0.2) is 18.6 Å². The predicted octanol–water partition coefficient (Wildman–Crippen LogP) is 3.89. The van der Waals surface area contributed by atoms with Crippen molar-refractivity contribution >= 4 is 24.4 Å². The monoisotopic (exact) mass is 254 g/mol. The fourth-order valence-corrected chi connectivity index (χ4v) is 2.94. The Kier molecular flexibility index (Phi) is 4.09. The molecule has 1 aromatic rings. The zero-order valence-corrected chi connectivity index (χ0v) is 11.3. The van der Waals surface area contributed by atoms with Gasteiger partial charge >= 0.3 is 0 Å². The first-order chi connectivity index (χ1) is 7.79. The number of hydrogen-bond donors (Lipinski definition) is 1. The lowest BCUT2D eigenvalue weighted by Crippen LogP contribution is -2.37. The number of rotatable bonds is 5. The van der Waals surface area contributed by atoms with Gasteiger partial charge in [0.1, 0.15) is 5.75 Å². The number of para-hydroxylation sites is 1. The van der Waals surface area contributed by atoms with E-state index >= 15 is 0 Å². The van der Waals surface area contributed by atoms with Crippen molar-refractivity contribution < 1.29 is 4.74 Å². The molecule has 0 saturated heterocycles. The molecule has 0 atom stereocenters. The van der Waals surface area contributed by atoms with Gasteiger partial charge in [0.2, 0.25) is 0 Å². The van der Waals surface area contributed by atoms with E-state index in [1.807, 2.05) is 6.07 Å². The summed E-state index contributed by atoms with van der Waals surface area (Å²) in [6.45, 7) is 0.814. The maximum Gasteiger partial charge on any atom is 0.132 e. The molecule has 0 N–H and O–H groups in total. The fourth-order valence-electron chi connectivity index (χ4n) is 1.99. The molecule has 88 valence electrons. The summed E-state index contributed by atoms with van der Waals surface area (Å²) in [5, 5.41) is 0. The summed E-state index contributed by atoms with van der Waals surface area (Å²) in [6.07, 6.45) is 5.93. The number of ether oxygens (including phenoxy) is 1. The van der Waals surface area contributed by atoms with Crippen LogP contribution in [0.5, 0.6) is 5.75 Å². The van der Waals surface area contributed by atoms with Gasteiger partial charge in [-0.1, -0.05) is 18.6 Å². The summed E-state index contributed by atoms with van der Waals surface area (Å²) in [4.78, 5) is 1.22. The minimum absolute atomic E-state index is 0.342. The Hall–Kier alpha value is -0.280. The van der Waals surface area contributed by atoms with Crippen molar-refractivity contribution in [3.05, 3.63) is 24.3 Å². The summed E-state index contributed by atoms with van der Waals surface area (Å²) in [5.41, 5.74) is 0.342. The molecule has 1 fully saturated rings. The van der Waals surface area contributed by atoms with Gasteiger partial charge in [0.25, 0.3) is 0 Å². The number of thioether (sulfide) groups is 1. The van der Waals surface area contributed by atoms with Crippen molar-refractivity contribution in [3.8, 4) is 5.75 Å². The molecule has 1 saturated carbocycles. The maximum atomic E-state index is 5.96. The van der Waals surface area contributed by atoms with Crippen LogP contribution in [0.15, 0.2) is 29.2 Å². The molecule has 16 heavy (non-hydrogen) atoms. The Balaban J connectivity index is 1.98. The molecule has 0 bridgehead atoms. The molecule has 0 aliphatic heterocycles. The first-order valence-corrected chi connectivity index (χ1v) is 7.52. The standard InChI is InChI=1S/C13H18OS2/c1-16-12-6-3-2-5-11(12)14-9-13(10-15)7-4-8-13/h2-3,5-6,15H,4,7-10H2,1H3. The van der Waals surface area contributed by atoms with E-state index in [4.69, 9.17) is 4.74 Å². The van der Waals surface area contributed by atoms with E-state index in [0.29, 0.717) is 5.41 Å². The molecule has 0 unspecified atom stereocenters. The molecule has 2 rings (SSSR count). The van der Waals surface area contributed by atoms with Gasteiger partial charge in [-0.25, -0.2) is 0 Å². The minimum Gasteiger partial charge on any atom is -0.492 e. The van der Waals surface area contributed by atoms with Crippen molar-refractivity contribution in [2.24, 2.45) is 5.41 Å². The lowest BCUT2D eigenvalue weighted by molar-refractivity contribution is 0.0813. The highest BCUT2D eigenvalue weighted by Gasteiger charge is 2.36. The van der Waals surface area contributed by atoms with Crippen LogP contribution in [0.25, 0.3) is 0 Å². The van der Waals surface area contributed by atoms with Crippen molar-refractivity contribution in [2.45, 2.75) is 24.2 Å². The van der Waals surface area contributed by atoms with Gasteiger partial charge in [0.05, 0.1) is 6.61 Å². The summed E-state index contributed by atoms with van der Waals surface area (Å²) >= 11 is 6.18. The van der Waals surface area contributed by atoms with E-state index in [2.05, 4.69) is 37.1 Å². The zero-order valence-electron chi connectivity index (χ0n) is 9.61. The normalized spacial score (nSPS) is 17.9. The molecule has 3 heteroatoms. The van der Waals surface area contributed by atoms with Crippen LogP contribution < -0.4 is 4.74 Å². The molecule has 1 aliphatic carbocycles. The van der Waals surface area contributed by atoms with Crippen molar-refractivity contribution in [2.75, 3.05) is 18.6 Å².